The van der Waals surface area contributed by atoms with Crippen LogP contribution in [0.4, 0.5) is 14.5 Å². The number of anilines is 1. The van der Waals surface area contributed by atoms with Gasteiger partial charge in [-0.2, -0.15) is 4.98 Å². The fourth-order valence-corrected chi connectivity index (χ4v) is 1.93. The van der Waals surface area contributed by atoms with E-state index in [0.717, 1.165) is 19.2 Å². The number of ether oxygens (including phenoxy) is 1. The van der Waals surface area contributed by atoms with Crippen molar-refractivity contribution in [1.29, 1.82) is 0 Å². The van der Waals surface area contributed by atoms with Crippen molar-refractivity contribution in [3.8, 4) is 5.75 Å². The Balaban J connectivity index is 1.95. The van der Waals surface area contributed by atoms with Gasteiger partial charge in [0.2, 0.25) is 11.8 Å². The number of hydrogen-bond donors (Lipinski definition) is 1. The quantitative estimate of drug-likeness (QED) is 0.905. The standard InChI is InChI=1S/C16H19F2N3O3/c1-16(2,3)15-20-13(24-21-15)6-5-12(22)19-9-7-10(17)14(23-4)11(18)8-9/h7-8H,5-6H2,1-4H3,(H,19,22). The third-order valence-corrected chi connectivity index (χ3v) is 3.19. The molecule has 8 heteroatoms. The lowest BCUT2D eigenvalue weighted by Gasteiger charge is -2.10. The first-order chi connectivity index (χ1) is 11.2. The number of halogens is 2. The van der Waals surface area contributed by atoms with E-state index in [0.29, 0.717) is 11.7 Å². The molecule has 0 saturated carbocycles. The summed E-state index contributed by atoms with van der Waals surface area (Å²) in [4.78, 5) is 16.1. The second-order valence-corrected chi connectivity index (χ2v) is 6.28. The molecule has 0 bridgehead atoms. The van der Waals surface area contributed by atoms with Crippen molar-refractivity contribution < 1.29 is 22.8 Å². The summed E-state index contributed by atoms with van der Waals surface area (Å²) >= 11 is 0. The fourth-order valence-electron chi connectivity index (χ4n) is 1.93. The summed E-state index contributed by atoms with van der Waals surface area (Å²) in [6.07, 6.45) is 0.275. The number of nitrogens with one attached hydrogen (secondary N) is 1. The lowest BCUT2D eigenvalue weighted by molar-refractivity contribution is -0.116. The van der Waals surface area contributed by atoms with Gasteiger partial charge in [-0.15, -0.1) is 0 Å². The number of hydrogen-bond acceptors (Lipinski definition) is 5. The van der Waals surface area contributed by atoms with Gasteiger partial charge in [0, 0.05) is 36.1 Å². The monoisotopic (exact) mass is 339 g/mol. The Kier molecular flexibility index (Phi) is 5.16. The van der Waals surface area contributed by atoms with E-state index in [1.807, 2.05) is 20.8 Å². The van der Waals surface area contributed by atoms with Crippen LogP contribution in [0, 0.1) is 11.6 Å². The SMILES string of the molecule is COc1c(F)cc(NC(=O)CCc2nc(C(C)(C)C)no2)cc1F. The van der Waals surface area contributed by atoms with Crippen molar-refractivity contribution in [1.82, 2.24) is 10.1 Å². The number of benzene rings is 1. The third kappa shape index (κ3) is 4.27. The van der Waals surface area contributed by atoms with Crippen LogP contribution in [-0.4, -0.2) is 23.2 Å². The third-order valence-electron chi connectivity index (χ3n) is 3.19. The summed E-state index contributed by atoms with van der Waals surface area (Å²) in [6.45, 7) is 5.84. The summed E-state index contributed by atoms with van der Waals surface area (Å²) < 4.78 is 36.8. The molecule has 0 fully saturated rings. The van der Waals surface area contributed by atoms with E-state index in [-0.39, 0.29) is 23.9 Å². The van der Waals surface area contributed by atoms with E-state index in [1.54, 1.807) is 0 Å². The zero-order chi connectivity index (χ0) is 17.9. The van der Waals surface area contributed by atoms with Crippen molar-refractivity contribution in [2.24, 2.45) is 0 Å². The van der Waals surface area contributed by atoms with Gasteiger partial charge in [0.05, 0.1) is 7.11 Å². The maximum atomic E-state index is 13.6. The zero-order valence-electron chi connectivity index (χ0n) is 13.9. The molecular formula is C16H19F2N3O3. The molecule has 0 radical (unpaired) electrons. The minimum Gasteiger partial charge on any atom is -0.491 e. The first-order valence-corrected chi connectivity index (χ1v) is 7.36. The maximum absolute atomic E-state index is 13.6. The van der Waals surface area contributed by atoms with E-state index in [1.165, 1.54) is 0 Å². The van der Waals surface area contributed by atoms with Crippen molar-refractivity contribution in [3.05, 3.63) is 35.5 Å². The molecule has 0 aliphatic carbocycles. The Labute approximate surface area is 138 Å². The minimum atomic E-state index is -0.889. The van der Waals surface area contributed by atoms with Gasteiger partial charge in [-0.05, 0) is 0 Å². The molecule has 0 saturated heterocycles. The number of aromatic nitrogens is 2. The van der Waals surface area contributed by atoms with E-state index >= 15 is 0 Å². The van der Waals surface area contributed by atoms with Crippen LogP contribution in [0.3, 0.4) is 0 Å². The summed E-state index contributed by atoms with van der Waals surface area (Å²) in [6, 6.07) is 1.98. The molecule has 1 amide bonds. The number of nitrogens with zero attached hydrogens (tertiary/aromatic N) is 2. The molecule has 0 aliphatic rings. The molecule has 1 aromatic heterocycles. The number of rotatable bonds is 5. The summed E-state index contributed by atoms with van der Waals surface area (Å²) in [5, 5.41) is 6.28. The molecule has 0 aliphatic heterocycles. The Bertz CT molecular complexity index is 715. The Morgan fingerprint density at radius 1 is 1.29 bits per heavy atom. The molecule has 130 valence electrons. The van der Waals surface area contributed by atoms with Gasteiger partial charge in [-0.25, -0.2) is 8.78 Å². The zero-order valence-corrected chi connectivity index (χ0v) is 13.9. The number of carbonyl (C=O) groups excluding carboxylic acids is 1. The number of carbonyl (C=O) groups is 1. The topological polar surface area (TPSA) is 77.2 Å². The number of methoxy groups -OCH3 is 1. The summed E-state index contributed by atoms with van der Waals surface area (Å²) in [7, 11) is 1.16. The van der Waals surface area contributed by atoms with Gasteiger partial charge < -0.3 is 14.6 Å². The van der Waals surface area contributed by atoms with Crippen LogP contribution in [-0.2, 0) is 16.6 Å². The largest absolute Gasteiger partial charge is 0.491 e. The normalized spacial score (nSPS) is 11.4. The molecule has 6 nitrogen and oxygen atoms in total. The summed E-state index contributed by atoms with van der Waals surface area (Å²) in [5.41, 5.74) is -0.237. The van der Waals surface area contributed by atoms with Crippen LogP contribution in [0.5, 0.6) is 5.75 Å². The highest BCUT2D eigenvalue weighted by molar-refractivity contribution is 5.90. The molecule has 0 unspecified atom stereocenters. The molecule has 1 aromatic carbocycles. The van der Waals surface area contributed by atoms with Crippen LogP contribution >= 0.6 is 0 Å². The molecule has 2 aromatic rings. The van der Waals surface area contributed by atoms with Gasteiger partial charge in [0.25, 0.3) is 0 Å². The van der Waals surface area contributed by atoms with Crippen molar-refractivity contribution in [2.45, 2.75) is 39.0 Å². The van der Waals surface area contributed by atoms with E-state index in [2.05, 4.69) is 20.2 Å². The van der Waals surface area contributed by atoms with Crippen molar-refractivity contribution in [2.75, 3.05) is 12.4 Å². The number of aryl methyl sites for hydroxylation is 1. The lowest BCUT2D eigenvalue weighted by Crippen LogP contribution is -2.14. The smallest absolute Gasteiger partial charge is 0.227 e. The molecule has 1 heterocycles. The van der Waals surface area contributed by atoms with E-state index < -0.39 is 23.3 Å². The van der Waals surface area contributed by atoms with Gasteiger partial charge in [-0.3, -0.25) is 4.79 Å². The highest BCUT2D eigenvalue weighted by Crippen LogP contribution is 2.25. The first-order valence-electron chi connectivity index (χ1n) is 7.36. The van der Waals surface area contributed by atoms with Crippen molar-refractivity contribution >= 4 is 11.6 Å². The Morgan fingerprint density at radius 2 is 1.92 bits per heavy atom. The van der Waals surface area contributed by atoms with Crippen LogP contribution in [0.15, 0.2) is 16.7 Å². The van der Waals surface area contributed by atoms with E-state index in [9.17, 15) is 13.6 Å². The van der Waals surface area contributed by atoms with Crippen LogP contribution < -0.4 is 10.1 Å². The molecule has 1 N–H and O–H groups in total. The minimum absolute atomic E-state index is 0.0108. The van der Waals surface area contributed by atoms with Crippen molar-refractivity contribution in [3.63, 3.8) is 0 Å². The Hall–Kier alpha value is -2.51. The predicted molar refractivity (Wildman–Crippen MR) is 82.9 cm³/mol. The number of amides is 1. The van der Waals surface area contributed by atoms with Crippen LogP contribution in [0.25, 0.3) is 0 Å². The molecule has 0 atom stereocenters. The maximum Gasteiger partial charge on any atom is 0.227 e. The molecular weight excluding hydrogens is 320 g/mol. The summed E-state index contributed by atoms with van der Waals surface area (Å²) in [5.74, 6) is -1.80. The molecule has 0 spiro atoms. The average molecular weight is 339 g/mol. The Morgan fingerprint density at radius 3 is 2.42 bits per heavy atom. The second kappa shape index (κ2) is 6.94. The van der Waals surface area contributed by atoms with Gasteiger partial charge >= 0.3 is 0 Å². The van der Waals surface area contributed by atoms with Gasteiger partial charge in [-0.1, -0.05) is 25.9 Å². The first kappa shape index (κ1) is 17.8. The highest BCUT2D eigenvalue weighted by Gasteiger charge is 2.21. The predicted octanol–water partition coefficient (Wildman–Crippen LogP) is 3.23. The van der Waals surface area contributed by atoms with Gasteiger partial charge in [0.1, 0.15) is 0 Å². The van der Waals surface area contributed by atoms with Crippen LogP contribution in [0.1, 0.15) is 38.9 Å². The molecule has 24 heavy (non-hydrogen) atoms. The second-order valence-electron chi connectivity index (χ2n) is 6.28. The molecule has 2 rings (SSSR count). The fraction of sp³-hybridized carbons (Fsp3) is 0.438. The van der Waals surface area contributed by atoms with E-state index in [4.69, 9.17) is 4.52 Å². The van der Waals surface area contributed by atoms with Crippen LogP contribution in [0.2, 0.25) is 0 Å². The average Bonchev–Trinajstić information content (AvgIpc) is 2.94. The van der Waals surface area contributed by atoms with Gasteiger partial charge in [0.15, 0.2) is 23.2 Å². The lowest BCUT2D eigenvalue weighted by atomic mass is 9.96. The highest BCUT2D eigenvalue weighted by atomic mass is 19.1.